The Labute approximate surface area is 107 Å². The number of hydrogen-bond donors (Lipinski definition) is 0. The zero-order chi connectivity index (χ0) is 12.5. The molecule has 90 valence electrons. The van der Waals surface area contributed by atoms with E-state index >= 15 is 0 Å². The summed E-state index contributed by atoms with van der Waals surface area (Å²) in [5.74, 6) is 0. The van der Waals surface area contributed by atoms with Gasteiger partial charge < -0.3 is 0 Å². The molecule has 0 radical (unpaired) electrons. The molecule has 2 aromatic carbocycles. The SMILES string of the molecule is CC(C)[n+]1cn(-c2ccccc2)c2ccccc21. The first-order valence-corrected chi connectivity index (χ1v) is 6.34. The van der Waals surface area contributed by atoms with E-state index in [1.54, 1.807) is 0 Å². The van der Waals surface area contributed by atoms with Gasteiger partial charge in [0.25, 0.3) is 0 Å². The highest BCUT2D eigenvalue weighted by Crippen LogP contribution is 2.17. The zero-order valence-electron chi connectivity index (χ0n) is 10.7. The second-order valence-corrected chi connectivity index (χ2v) is 4.81. The monoisotopic (exact) mass is 237 g/mol. The van der Waals surface area contributed by atoms with E-state index in [-0.39, 0.29) is 0 Å². The van der Waals surface area contributed by atoms with Crippen molar-refractivity contribution >= 4 is 11.0 Å². The zero-order valence-corrected chi connectivity index (χ0v) is 10.7. The molecule has 0 bridgehead atoms. The maximum absolute atomic E-state index is 2.31. The van der Waals surface area contributed by atoms with E-state index in [1.807, 2.05) is 6.07 Å². The number of hydrogen-bond acceptors (Lipinski definition) is 0. The molecule has 0 N–H and O–H groups in total. The Morgan fingerprint density at radius 3 is 2.28 bits per heavy atom. The molecular formula is C16H17N2+. The third-order valence-corrected chi connectivity index (χ3v) is 3.25. The van der Waals surface area contributed by atoms with Crippen LogP contribution in [0, 0.1) is 0 Å². The fraction of sp³-hybridized carbons (Fsp3) is 0.188. The van der Waals surface area contributed by atoms with Crippen LogP contribution in [0.1, 0.15) is 19.9 Å². The van der Waals surface area contributed by atoms with E-state index in [0.717, 1.165) is 0 Å². The molecule has 0 saturated heterocycles. The molecule has 0 aliphatic heterocycles. The molecule has 18 heavy (non-hydrogen) atoms. The standard InChI is InChI=1S/C16H17N2/c1-13(2)17-12-18(14-8-4-3-5-9-14)16-11-7-6-10-15(16)17/h3-13H,1-2H3/q+1. The minimum Gasteiger partial charge on any atom is -0.227 e. The Hall–Kier alpha value is -2.09. The molecule has 0 spiro atoms. The number of fused-ring (bicyclic) bond motifs is 1. The molecule has 0 amide bonds. The molecule has 3 aromatic rings. The van der Waals surface area contributed by atoms with Gasteiger partial charge in [0, 0.05) is 0 Å². The van der Waals surface area contributed by atoms with Crippen LogP contribution in [0.3, 0.4) is 0 Å². The summed E-state index contributed by atoms with van der Waals surface area (Å²) in [5.41, 5.74) is 3.72. The lowest BCUT2D eigenvalue weighted by Crippen LogP contribution is -2.34. The lowest BCUT2D eigenvalue weighted by Gasteiger charge is -1.99. The van der Waals surface area contributed by atoms with Crippen LogP contribution >= 0.6 is 0 Å². The van der Waals surface area contributed by atoms with Gasteiger partial charge in [-0.25, -0.2) is 4.57 Å². The molecule has 2 nitrogen and oxygen atoms in total. The van der Waals surface area contributed by atoms with E-state index < -0.39 is 0 Å². The van der Waals surface area contributed by atoms with E-state index in [2.05, 4.69) is 77.8 Å². The summed E-state index contributed by atoms with van der Waals surface area (Å²) in [6.07, 6.45) is 2.19. The van der Waals surface area contributed by atoms with Crippen molar-refractivity contribution in [2.24, 2.45) is 0 Å². The van der Waals surface area contributed by atoms with Crippen molar-refractivity contribution in [3.05, 3.63) is 60.9 Å². The Balaban J connectivity index is 2.31. The average Bonchev–Trinajstić information content (AvgIpc) is 2.79. The maximum Gasteiger partial charge on any atom is 0.250 e. The van der Waals surface area contributed by atoms with Gasteiger partial charge in [-0.2, -0.15) is 4.57 Å². The number of imidazole rings is 1. The minimum atomic E-state index is 0.458. The van der Waals surface area contributed by atoms with Crippen LogP contribution in [0.5, 0.6) is 0 Å². The largest absolute Gasteiger partial charge is 0.250 e. The molecule has 0 aliphatic carbocycles. The van der Waals surface area contributed by atoms with Crippen LogP contribution in [0.15, 0.2) is 60.9 Å². The highest BCUT2D eigenvalue weighted by Gasteiger charge is 2.17. The fourth-order valence-corrected chi connectivity index (χ4v) is 2.34. The predicted molar refractivity (Wildman–Crippen MR) is 73.9 cm³/mol. The second-order valence-electron chi connectivity index (χ2n) is 4.81. The van der Waals surface area contributed by atoms with E-state index in [1.165, 1.54) is 16.7 Å². The number of benzene rings is 2. The van der Waals surface area contributed by atoms with Gasteiger partial charge in [-0.1, -0.05) is 30.3 Å². The Morgan fingerprint density at radius 2 is 1.56 bits per heavy atom. The lowest BCUT2D eigenvalue weighted by molar-refractivity contribution is -0.691. The predicted octanol–water partition coefficient (Wildman–Crippen LogP) is 3.50. The van der Waals surface area contributed by atoms with Crippen molar-refractivity contribution in [1.29, 1.82) is 0 Å². The summed E-state index contributed by atoms with van der Waals surface area (Å²) >= 11 is 0. The molecule has 1 aromatic heterocycles. The van der Waals surface area contributed by atoms with Crippen LogP contribution in [0.4, 0.5) is 0 Å². The van der Waals surface area contributed by atoms with Crippen molar-refractivity contribution in [2.45, 2.75) is 19.9 Å². The molecule has 0 aliphatic rings. The average molecular weight is 237 g/mol. The Morgan fingerprint density at radius 1 is 0.889 bits per heavy atom. The number of rotatable bonds is 2. The van der Waals surface area contributed by atoms with E-state index in [0.29, 0.717) is 6.04 Å². The van der Waals surface area contributed by atoms with Gasteiger partial charge >= 0.3 is 0 Å². The molecule has 0 saturated carbocycles. The van der Waals surface area contributed by atoms with Gasteiger partial charge in [-0.3, -0.25) is 0 Å². The van der Waals surface area contributed by atoms with E-state index in [4.69, 9.17) is 0 Å². The topological polar surface area (TPSA) is 8.81 Å². The molecule has 0 fully saturated rings. The third kappa shape index (κ3) is 1.70. The summed E-state index contributed by atoms with van der Waals surface area (Å²) in [7, 11) is 0. The summed E-state index contributed by atoms with van der Waals surface area (Å²) in [6, 6.07) is 19.5. The van der Waals surface area contributed by atoms with Gasteiger partial charge in [0.1, 0.15) is 5.69 Å². The third-order valence-electron chi connectivity index (χ3n) is 3.25. The maximum atomic E-state index is 2.31. The molecule has 0 unspecified atom stereocenters. The smallest absolute Gasteiger partial charge is 0.227 e. The summed E-state index contributed by atoms with van der Waals surface area (Å²) in [6.45, 7) is 4.42. The van der Waals surface area contributed by atoms with Crippen LogP contribution in [0.25, 0.3) is 16.7 Å². The molecule has 3 rings (SSSR count). The van der Waals surface area contributed by atoms with Gasteiger partial charge in [-0.05, 0) is 38.1 Å². The number of nitrogens with zero attached hydrogens (tertiary/aromatic N) is 2. The van der Waals surface area contributed by atoms with Gasteiger partial charge in [0.2, 0.25) is 6.33 Å². The first-order valence-electron chi connectivity index (χ1n) is 6.34. The van der Waals surface area contributed by atoms with Crippen molar-refractivity contribution in [3.8, 4) is 5.69 Å². The van der Waals surface area contributed by atoms with Crippen LogP contribution in [-0.2, 0) is 0 Å². The molecule has 2 heteroatoms. The van der Waals surface area contributed by atoms with Crippen LogP contribution in [0.2, 0.25) is 0 Å². The minimum absolute atomic E-state index is 0.458. The summed E-state index contributed by atoms with van der Waals surface area (Å²) in [5, 5.41) is 0. The Kier molecular flexibility index (Phi) is 2.63. The molecular weight excluding hydrogens is 220 g/mol. The van der Waals surface area contributed by atoms with Gasteiger partial charge in [-0.15, -0.1) is 0 Å². The normalized spacial score (nSPS) is 11.3. The number of aromatic nitrogens is 2. The lowest BCUT2D eigenvalue weighted by atomic mass is 10.2. The van der Waals surface area contributed by atoms with E-state index in [9.17, 15) is 0 Å². The first kappa shape index (κ1) is 11.0. The number of para-hydroxylation sites is 3. The van der Waals surface area contributed by atoms with Crippen LogP contribution < -0.4 is 4.57 Å². The second kappa shape index (κ2) is 4.30. The fourth-order valence-electron chi connectivity index (χ4n) is 2.34. The van der Waals surface area contributed by atoms with Gasteiger partial charge in [0.15, 0.2) is 11.0 Å². The Bertz CT molecular complexity index is 666. The molecule has 0 atom stereocenters. The van der Waals surface area contributed by atoms with Crippen molar-refractivity contribution in [1.82, 2.24) is 4.57 Å². The van der Waals surface area contributed by atoms with Crippen molar-refractivity contribution < 1.29 is 4.57 Å². The quantitative estimate of drug-likeness (QED) is 0.603. The van der Waals surface area contributed by atoms with Gasteiger partial charge in [0.05, 0.1) is 6.04 Å². The van der Waals surface area contributed by atoms with Crippen molar-refractivity contribution in [2.75, 3.05) is 0 Å². The summed E-state index contributed by atoms with van der Waals surface area (Å²) in [4.78, 5) is 0. The van der Waals surface area contributed by atoms with Crippen LogP contribution in [-0.4, -0.2) is 4.57 Å². The summed E-state index contributed by atoms with van der Waals surface area (Å²) < 4.78 is 4.55. The first-order chi connectivity index (χ1) is 8.77. The highest BCUT2D eigenvalue weighted by atomic mass is 15.1. The van der Waals surface area contributed by atoms with Crippen molar-refractivity contribution in [3.63, 3.8) is 0 Å². The molecule has 1 heterocycles. The highest BCUT2D eigenvalue weighted by molar-refractivity contribution is 5.73.